The van der Waals surface area contributed by atoms with Gasteiger partial charge in [-0.2, -0.15) is 5.10 Å². The van der Waals surface area contributed by atoms with Crippen LogP contribution >= 0.6 is 0 Å². The first-order valence-corrected chi connectivity index (χ1v) is 5.32. The predicted molar refractivity (Wildman–Crippen MR) is 63.9 cm³/mol. The molecule has 1 aromatic carbocycles. The molecule has 2 aromatic rings. The number of nitrogens with zero attached hydrogens (tertiary/aromatic N) is 2. The van der Waals surface area contributed by atoms with Gasteiger partial charge in [-0.1, -0.05) is 6.07 Å². The van der Waals surface area contributed by atoms with Gasteiger partial charge in [-0.3, -0.25) is 4.68 Å². The van der Waals surface area contributed by atoms with Gasteiger partial charge in [-0.15, -0.1) is 0 Å². The maximum Gasteiger partial charge on any atom is 0.340 e. The van der Waals surface area contributed by atoms with E-state index < -0.39 is 11.8 Å². The molecule has 94 valence electrons. The number of benzene rings is 1. The van der Waals surface area contributed by atoms with Gasteiger partial charge in [0, 0.05) is 13.2 Å². The lowest BCUT2D eigenvalue weighted by Crippen LogP contribution is -2.09. The Morgan fingerprint density at radius 3 is 2.89 bits per heavy atom. The summed E-state index contributed by atoms with van der Waals surface area (Å²) >= 11 is 0. The van der Waals surface area contributed by atoms with Crippen molar-refractivity contribution < 1.29 is 14.3 Å². The maximum atomic E-state index is 13.4. The number of rotatable bonds is 4. The largest absolute Gasteiger partial charge is 0.478 e. The van der Waals surface area contributed by atoms with Crippen molar-refractivity contribution in [3.05, 3.63) is 47.5 Å². The fourth-order valence-electron chi connectivity index (χ4n) is 1.63. The Morgan fingerprint density at radius 2 is 2.28 bits per heavy atom. The zero-order valence-corrected chi connectivity index (χ0v) is 9.72. The van der Waals surface area contributed by atoms with Gasteiger partial charge >= 0.3 is 5.97 Å². The normalized spacial score (nSPS) is 10.3. The van der Waals surface area contributed by atoms with Crippen LogP contribution in [0.1, 0.15) is 16.1 Å². The monoisotopic (exact) mass is 249 g/mol. The smallest absolute Gasteiger partial charge is 0.340 e. The molecule has 0 bridgehead atoms. The minimum Gasteiger partial charge on any atom is -0.478 e. The van der Waals surface area contributed by atoms with Crippen molar-refractivity contribution in [1.29, 1.82) is 0 Å². The molecular formula is C12H12FN3O2. The van der Waals surface area contributed by atoms with Gasteiger partial charge in [0.2, 0.25) is 0 Å². The van der Waals surface area contributed by atoms with Gasteiger partial charge in [0.05, 0.1) is 17.9 Å². The van der Waals surface area contributed by atoms with E-state index >= 15 is 0 Å². The van der Waals surface area contributed by atoms with Gasteiger partial charge in [-0.05, 0) is 18.2 Å². The van der Waals surface area contributed by atoms with E-state index in [0.29, 0.717) is 6.54 Å². The second-order valence-electron chi connectivity index (χ2n) is 3.80. The summed E-state index contributed by atoms with van der Waals surface area (Å²) in [6.45, 7) is 0.338. The lowest BCUT2D eigenvalue weighted by Gasteiger charge is -2.08. The quantitative estimate of drug-likeness (QED) is 0.868. The average Bonchev–Trinajstić information content (AvgIpc) is 2.72. The molecule has 0 amide bonds. The van der Waals surface area contributed by atoms with Crippen LogP contribution in [0.3, 0.4) is 0 Å². The topological polar surface area (TPSA) is 67.2 Å². The zero-order chi connectivity index (χ0) is 13.1. The SMILES string of the molecule is Cn1ccc(CNc2cccc(F)c2C(=O)O)n1. The number of nitrogens with one attached hydrogen (secondary N) is 1. The van der Waals surface area contributed by atoms with Crippen molar-refractivity contribution in [2.24, 2.45) is 7.05 Å². The molecule has 0 aliphatic carbocycles. The van der Waals surface area contributed by atoms with E-state index in [0.717, 1.165) is 11.8 Å². The number of carboxylic acid groups (broad SMARTS) is 1. The van der Waals surface area contributed by atoms with Gasteiger partial charge in [-0.25, -0.2) is 9.18 Å². The van der Waals surface area contributed by atoms with Crippen molar-refractivity contribution in [2.75, 3.05) is 5.32 Å². The molecule has 2 rings (SSSR count). The van der Waals surface area contributed by atoms with Gasteiger partial charge in [0.1, 0.15) is 11.4 Å². The summed E-state index contributed by atoms with van der Waals surface area (Å²) in [5.74, 6) is -2.05. The van der Waals surface area contributed by atoms with E-state index in [4.69, 9.17) is 5.11 Å². The second-order valence-corrected chi connectivity index (χ2v) is 3.80. The van der Waals surface area contributed by atoms with E-state index in [2.05, 4.69) is 10.4 Å². The fourth-order valence-corrected chi connectivity index (χ4v) is 1.63. The van der Waals surface area contributed by atoms with Crippen LogP contribution < -0.4 is 5.32 Å². The maximum absolute atomic E-state index is 13.4. The highest BCUT2D eigenvalue weighted by Gasteiger charge is 2.15. The molecule has 1 heterocycles. The molecular weight excluding hydrogens is 237 g/mol. The number of aromatic carboxylic acids is 1. The Bertz CT molecular complexity index is 580. The highest BCUT2D eigenvalue weighted by Crippen LogP contribution is 2.19. The number of hydrogen-bond acceptors (Lipinski definition) is 3. The fraction of sp³-hybridized carbons (Fsp3) is 0.167. The molecule has 0 fully saturated rings. The van der Waals surface area contributed by atoms with Gasteiger partial charge < -0.3 is 10.4 Å². The Morgan fingerprint density at radius 1 is 1.50 bits per heavy atom. The lowest BCUT2D eigenvalue weighted by atomic mass is 10.1. The van der Waals surface area contributed by atoms with Crippen molar-refractivity contribution >= 4 is 11.7 Å². The molecule has 0 aliphatic rings. The van der Waals surface area contributed by atoms with E-state index in [9.17, 15) is 9.18 Å². The van der Waals surface area contributed by atoms with Crippen LogP contribution in [-0.4, -0.2) is 20.9 Å². The van der Waals surface area contributed by atoms with Crippen molar-refractivity contribution in [3.63, 3.8) is 0 Å². The van der Waals surface area contributed by atoms with Crippen LogP contribution in [0.25, 0.3) is 0 Å². The Kier molecular flexibility index (Phi) is 3.27. The van der Waals surface area contributed by atoms with Gasteiger partial charge in [0.15, 0.2) is 0 Å². The van der Waals surface area contributed by atoms with Crippen molar-refractivity contribution in [2.45, 2.75) is 6.54 Å². The Labute approximate surface area is 103 Å². The number of carboxylic acids is 1. The summed E-state index contributed by atoms with van der Waals surface area (Å²) in [6.07, 6.45) is 1.78. The van der Waals surface area contributed by atoms with Crippen molar-refractivity contribution in [3.8, 4) is 0 Å². The number of carbonyl (C=O) groups is 1. The van der Waals surface area contributed by atoms with E-state index in [1.54, 1.807) is 24.0 Å². The summed E-state index contributed by atoms with van der Waals surface area (Å²) in [7, 11) is 1.79. The average molecular weight is 249 g/mol. The highest BCUT2D eigenvalue weighted by molar-refractivity contribution is 5.94. The molecule has 6 heteroatoms. The molecule has 0 saturated heterocycles. The van der Waals surface area contributed by atoms with Crippen LogP contribution in [0.2, 0.25) is 0 Å². The summed E-state index contributed by atoms with van der Waals surface area (Å²) in [6, 6.07) is 5.90. The standard InChI is InChI=1S/C12H12FN3O2/c1-16-6-5-8(15-16)7-14-10-4-2-3-9(13)11(10)12(17)18/h2-6,14H,7H2,1H3,(H,17,18). The molecule has 5 nitrogen and oxygen atoms in total. The first kappa shape index (κ1) is 12.1. The molecule has 0 aliphatic heterocycles. The first-order valence-electron chi connectivity index (χ1n) is 5.32. The first-order chi connectivity index (χ1) is 8.58. The third-order valence-corrected chi connectivity index (χ3v) is 2.46. The second kappa shape index (κ2) is 4.87. The van der Waals surface area contributed by atoms with E-state index in [1.807, 2.05) is 0 Å². The predicted octanol–water partition coefficient (Wildman–Crippen LogP) is 1.87. The summed E-state index contributed by atoms with van der Waals surface area (Å²) in [5, 5.41) is 16.0. The number of hydrogen-bond donors (Lipinski definition) is 2. The third kappa shape index (κ3) is 2.48. The summed E-state index contributed by atoms with van der Waals surface area (Å²) < 4.78 is 15.0. The lowest BCUT2D eigenvalue weighted by molar-refractivity contribution is 0.0693. The number of anilines is 1. The molecule has 0 saturated carbocycles. The number of halogens is 1. The van der Waals surface area contributed by atoms with Crippen LogP contribution in [0.15, 0.2) is 30.5 Å². The zero-order valence-electron chi connectivity index (χ0n) is 9.72. The van der Waals surface area contributed by atoms with E-state index in [-0.39, 0.29) is 11.3 Å². The molecule has 1 aromatic heterocycles. The molecule has 0 atom stereocenters. The van der Waals surface area contributed by atoms with E-state index in [1.165, 1.54) is 12.1 Å². The third-order valence-electron chi connectivity index (χ3n) is 2.46. The van der Waals surface area contributed by atoms with Crippen molar-refractivity contribution in [1.82, 2.24) is 9.78 Å². The molecule has 2 N–H and O–H groups in total. The Balaban J connectivity index is 2.19. The molecule has 0 radical (unpaired) electrons. The minimum absolute atomic E-state index is 0.244. The Hall–Kier alpha value is -2.37. The van der Waals surface area contributed by atoms with Crippen LogP contribution in [0.5, 0.6) is 0 Å². The van der Waals surface area contributed by atoms with Gasteiger partial charge in [0.25, 0.3) is 0 Å². The minimum atomic E-state index is -1.29. The van der Waals surface area contributed by atoms with Crippen LogP contribution in [0, 0.1) is 5.82 Å². The van der Waals surface area contributed by atoms with Crippen LogP contribution in [0.4, 0.5) is 10.1 Å². The summed E-state index contributed by atoms with van der Waals surface area (Å²) in [4.78, 5) is 11.0. The van der Waals surface area contributed by atoms with Crippen LogP contribution in [-0.2, 0) is 13.6 Å². The highest BCUT2D eigenvalue weighted by atomic mass is 19.1. The molecule has 0 spiro atoms. The molecule has 18 heavy (non-hydrogen) atoms. The molecule has 0 unspecified atom stereocenters. The summed E-state index contributed by atoms with van der Waals surface area (Å²) in [5.41, 5.74) is 0.639. The number of aryl methyl sites for hydroxylation is 1. The number of aromatic nitrogens is 2.